The summed E-state index contributed by atoms with van der Waals surface area (Å²) in [6.45, 7) is 6.42. The van der Waals surface area contributed by atoms with Crippen LogP contribution in [0.25, 0.3) is 16.7 Å². The van der Waals surface area contributed by atoms with Crippen LogP contribution in [0.4, 0.5) is 5.69 Å². The Morgan fingerprint density at radius 3 is 2.70 bits per heavy atom. The van der Waals surface area contributed by atoms with Crippen molar-refractivity contribution in [3.05, 3.63) is 95.6 Å². The molecule has 0 saturated carbocycles. The van der Waals surface area contributed by atoms with Crippen molar-refractivity contribution in [2.24, 2.45) is 0 Å². The lowest BCUT2D eigenvalue weighted by Crippen LogP contribution is -2.44. The number of methoxy groups -OCH3 is 1. The first-order valence-corrected chi connectivity index (χ1v) is 12.6. The minimum absolute atomic E-state index is 0.174. The Morgan fingerprint density at radius 1 is 1.20 bits per heavy atom. The van der Waals surface area contributed by atoms with Crippen molar-refractivity contribution in [2.45, 2.75) is 13.3 Å². The number of hydrogen-bond acceptors (Lipinski definition) is 8. The number of ether oxygens (including phenoxy) is 1. The quantitative estimate of drug-likeness (QED) is 0.304. The van der Waals surface area contributed by atoms with E-state index in [4.69, 9.17) is 4.74 Å². The highest BCUT2D eigenvalue weighted by molar-refractivity contribution is 6.45. The molecule has 0 saturated heterocycles. The molecule has 4 aromatic rings. The van der Waals surface area contributed by atoms with E-state index in [0.717, 1.165) is 17.0 Å². The third kappa shape index (κ3) is 3.94. The van der Waals surface area contributed by atoms with E-state index in [-0.39, 0.29) is 12.1 Å². The van der Waals surface area contributed by atoms with Gasteiger partial charge in [-0.3, -0.25) is 9.59 Å². The molecule has 5 heterocycles. The maximum absolute atomic E-state index is 13.6. The Labute approximate surface area is 229 Å². The Balaban J connectivity index is 1.34. The van der Waals surface area contributed by atoms with E-state index >= 15 is 0 Å². The normalized spacial score (nSPS) is 15.1. The van der Waals surface area contributed by atoms with Gasteiger partial charge in [0.1, 0.15) is 24.0 Å². The number of para-hydroxylation sites is 1. The van der Waals surface area contributed by atoms with E-state index in [1.54, 1.807) is 13.0 Å². The number of pyridine rings is 1. The highest BCUT2D eigenvalue weighted by Crippen LogP contribution is 2.38. The first-order valence-electron chi connectivity index (χ1n) is 12.6. The molecule has 0 spiro atoms. The molecule has 1 aromatic carbocycles. The Hall–Kier alpha value is -5.50. The number of hydrogen-bond donors (Lipinski definition) is 1. The summed E-state index contributed by atoms with van der Waals surface area (Å²) in [5.41, 5.74) is 4.30. The lowest BCUT2D eigenvalue weighted by molar-refractivity contribution is -0.126. The van der Waals surface area contributed by atoms with Crippen molar-refractivity contribution in [1.82, 2.24) is 29.6 Å². The Bertz CT molecular complexity index is 1810. The van der Waals surface area contributed by atoms with Crippen LogP contribution in [0.5, 0.6) is 5.75 Å². The van der Waals surface area contributed by atoms with Crippen molar-refractivity contribution in [3.8, 4) is 17.6 Å². The SMILES string of the molecule is C=C1C(C#N)=CC2=C(CCN(C(=O)C(=O)c3c[nH]c4c(-n5cnc(C)n5)ncc(OC)c34)C2)N1c1ccccc1. The van der Waals surface area contributed by atoms with Crippen LogP contribution >= 0.6 is 0 Å². The molecule has 0 unspecified atom stereocenters. The fraction of sp³-hybridized carbons (Fsp3) is 0.172. The molecule has 2 aliphatic heterocycles. The average molecular weight is 533 g/mol. The monoisotopic (exact) mass is 532 g/mol. The van der Waals surface area contributed by atoms with E-state index in [1.807, 2.05) is 35.2 Å². The maximum atomic E-state index is 13.6. The molecule has 0 bridgehead atoms. The van der Waals surface area contributed by atoms with Gasteiger partial charge in [0.05, 0.1) is 41.0 Å². The minimum Gasteiger partial charge on any atom is -0.494 e. The van der Waals surface area contributed by atoms with Gasteiger partial charge in [-0.15, -0.1) is 0 Å². The summed E-state index contributed by atoms with van der Waals surface area (Å²) in [5, 5.41) is 14.5. The number of rotatable bonds is 5. The molecule has 6 rings (SSSR count). The van der Waals surface area contributed by atoms with Crippen LogP contribution in [0.1, 0.15) is 22.6 Å². The highest BCUT2D eigenvalue weighted by Gasteiger charge is 2.34. The van der Waals surface area contributed by atoms with Crippen molar-refractivity contribution in [3.63, 3.8) is 0 Å². The van der Waals surface area contributed by atoms with Crippen LogP contribution in [0.15, 0.2) is 84.2 Å². The standard InChI is InChI=1S/C29H24N8O3/c1-17-19(12-30)11-20-15-35(10-9-23(20)37(17)21-7-5-4-6-8-21)29(39)27(38)22-13-31-26-25(22)24(40-3)14-32-28(26)36-16-33-18(2)34-36/h4-8,11,13-14,16,31H,1,9-10,15H2,2-3H3. The third-order valence-electron chi connectivity index (χ3n) is 7.08. The summed E-state index contributed by atoms with van der Waals surface area (Å²) < 4.78 is 6.99. The molecule has 2 aliphatic rings. The van der Waals surface area contributed by atoms with Crippen LogP contribution in [0.2, 0.25) is 0 Å². The number of allylic oxidation sites excluding steroid dienone is 1. The van der Waals surface area contributed by atoms with E-state index in [2.05, 4.69) is 32.7 Å². The summed E-state index contributed by atoms with van der Waals surface area (Å²) in [6, 6.07) is 11.9. The molecule has 0 atom stereocenters. The molecule has 40 heavy (non-hydrogen) atoms. The Kier molecular flexibility index (Phi) is 6.00. The van der Waals surface area contributed by atoms with Crippen LogP contribution in [-0.4, -0.2) is 61.5 Å². The molecule has 11 nitrogen and oxygen atoms in total. The number of carbonyl (C=O) groups is 2. The van der Waals surface area contributed by atoms with Crippen LogP contribution in [0, 0.1) is 18.3 Å². The lowest BCUT2D eigenvalue weighted by Gasteiger charge is -2.39. The number of anilines is 1. The predicted octanol–water partition coefficient (Wildman–Crippen LogP) is 3.61. The van der Waals surface area contributed by atoms with Gasteiger partial charge < -0.3 is 19.5 Å². The smallest absolute Gasteiger partial charge is 0.295 e. The number of ketones is 1. The van der Waals surface area contributed by atoms with E-state index in [0.29, 0.717) is 52.5 Å². The second-order valence-electron chi connectivity index (χ2n) is 9.40. The number of H-pyrrole nitrogens is 1. The fourth-order valence-corrected chi connectivity index (χ4v) is 5.18. The number of amides is 1. The van der Waals surface area contributed by atoms with E-state index in [1.165, 1.54) is 35.4 Å². The molecule has 0 aliphatic carbocycles. The summed E-state index contributed by atoms with van der Waals surface area (Å²) in [7, 11) is 1.48. The zero-order valence-corrected chi connectivity index (χ0v) is 21.9. The van der Waals surface area contributed by atoms with E-state index < -0.39 is 11.7 Å². The fourth-order valence-electron chi connectivity index (χ4n) is 5.18. The number of Topliss-reactive ketones (excluding diaryl/α,β-unsaturated/α-hetero) is 1. The number of aryl methyl sites for hydroxylation is 1. The zero-order chi connectivity index (χ0) is 28.0. The van der Waals surface area contributed by atoms with Gasteiger partial charge in [-0.05, 0) is 30.7 Å². The number of aromatic amines is 1. The number of carbonyl (C=O) groups excluding carboxylic acids is 2. The predicted molar refractivity (Wildman–Crippen MR) is 147 cm³/mol. The number of nitrogens with one attached hydrogen (secondary N) is 1. The number of benzene rings is 1. The van der Waals surface area contributed by atoms with Gasteiger partial charge in [0.15, 0.2) is 5.82 Å². The Morgan fingerprint density at radius 2 is 2.00 bits per heavy atom. The molecular formula is C29H24N8O3. The van der Waals surface area contributed by atoms with Gasteiger partial charge in [-0.2, -0.15) is 10.4 Å². The first kappa shape index (κ1) is 24.8. The molecule has 198 valence electrons. The van der Waals surface area contributed by atoms with Gasteiger partial charge in [-0.25, -0.2) is 14.6 Å². The molecule has 1 amide bonds. The van der Waals surface area contributed by atoms with E-state index in [9.17, 15) is 14.9 Å². The average Bonchev–Trinajstić information content (AvgIpc) is 3.62. The minimum atomic E-state index is -0.676. The maximum Gasteiger partial charge on any atom is 0.295 e. The summed E-state index contributed by atoms with van der Waals surface area (Å²) in [4.78, 5) is 42.3. The largest absolute Gasteiger partial charge is 0.494 e. The zero-order valence-electron chi connectivity index (χ0n) is 21.9. The second-order valence-corrected chi connectivity index (χ2v) is 9.40. The van der Waals surface area contributed by atoms with Gasteiger partial charge in [0, 0.05) is 37.1 Å². The third-order valence-corrected chi connectivity index (χ3v) is 7.08. The summed E-state index contributed by atoms with van der Waals surface area (Å²) in [6.07, 6.45) is 6.76. The molecule has 11 heteroatoms. The number of aromatic nitrogens is 5. The molecule has 3 aromatic heterocycles. The van der Waals surface area contributed by atoms with Gasteiger partial charge >= 0.3 is 0 Å². The van der Waals surface area contributed by atoms with Gasteiger partial charge in [-0.1, -0.05) is 24.8 Å². The van der Waals surface area contributed by atoms with Crippen molar-refractivity contribution in [1.29, 1.82) is 5.26 Å². The van der Waals surface area contributed by atoms with Crippen LogP contribution in [-0.2, 0) is 4.79 Å². The number of fused-ring (bicyclic) bond motifs is 1. The number of nitriles is 1. The van der Waals surface area contributed by atoms with Gasteiger partial charge in [0.2, 0.25) is 0 Å². The topological polar surface area (TPSA) is 133 Å². The van der Waals surface area contributed by atoms with Crippen LogP contribution in [0.3, 0.4) is 0 Å². The summed E-state index contributed by atoms with van der Waals surface area (Å²) >= 11 is 0. The molecule has 0 radical (unpaired) electrons. The van der Waals surface area contributed by atoms with Crippen molar-refractivity contribution < 1.29 is 14.3 Å². The first-order chi connectivity index (χ1) is 19.4. The van der Waals surface area contributed by atoms with Gasteiger partial charge in [0.25, 0.3) is 11.7 Å². The molecule has 0 fully saturated rings. The van der Waals surface area contributed by atoms with Crippen molar-refractivity contribution >= 4 is 28.3 Å². The molecule has 1 N–H and O–H groups in total. The van der Waals surface area contributed by atoms with Crippen LogP contribution < -0.4 is 9.64 Å². The summed E-state index contributed by atoms with van der Waals surface area (Å²) in [5.74, 6) is 0.0151. The second kappa shape index (κ2) is 9.67. The highest BCUT2D eigenvalue weighted by atomic mass is 16.5. The molecular weight excluding hydrogens is 508 g/mol. The number of nitrogens with zero attached hydrogens (tertiary/aromatic N) is 7. The lowest BCUT2D eigenvalue weighted by atomic mass is 9.94. The van der Waals surface area contributed by atoms with Crippen molar-refractivity contribution in [2.75, 3.05) is 25.1 Å².